The largest absolute Gasteiger partial charge is 0.349 e. The minimum atomic E-state index is -1.35. The highest BCUT2D eigenvalue weighted by molar-refractivity contribution is 6.09. The summed E-state index contributed by atoms with van der Waals surface area (Å²) in [6, 6.07) is 22.7. The summed E-state index contributed by atoms with van der Waals surface area (Å²) in [5, 5.41) is 11.1. The molecule has 0 bridgehead atoms. The van der Waals surface area contributed by atoms with Crippen LogP contribution >= 0.6 is 0 Å². The smallest absolute Gasteiger partial charge is 0.300 e. The predicted molar refractivity (Wildman–Crippen MR) is 127 cm³/mol. The maximum atomic E-state index is 13.5. The molecular formula is C26H21N5O2. The number of nitrogens with one attached hydrogen (secondary N) is 2. The fourth-order valence-electron chi connectivity index (χ4n) is 4.61. The third-order valence-electron chi connectivity index (χ3n) is 6.36. The Labute approximate surface area is 190 Å². The van der Waals surface area contributed by atoms with E-state index in [0.29, 0.717) is 34.2 Å². The number of rotatable bonds is 2. The summed E-state index contributed by atoms with van der Waals surface area (Å²) < 4.78 is 1.56. The number of para-hydroxylation sites is 2. The van der Waals surface area contributed by atoms with Crippen LogP contribution in [0.15, 0.2) is 77.6 Å². The van der Waals surface area contributed by atoms with Crippen molar-refractivity contribution in [3.05, 3.63) is 94.3 Å². The van der Waals surface area contributed by atoms with Gasteiger partial charge in [-0.05, 0) is 29.7 Å². The Hall–Kier alpha value is -4.26. The van der Waals surface area contributed by atoms with E-state index < -0.39 is 11.2 Å². The van der Waals surface area contributed by atoms with Gasteiger partial charge in [-0.1, -0.05) is 68.4 Å². The minimum absolute atomic E-state index is 0.201. The van der Waals surface area contributed by atoms with E-state index in [4.69, 9.17) is 5.10 Å². The van der Waals surface area contributed by atoms with Gasteiger partial charge in [0.2, 0.25) is 5.66 Å². The zero-order chi connectivity index (χ0) is 22.7. The molecule has 1 amide bonds. The molecule has 7 heteroatoms. The number of carbonyl (C=O) groups is 1. The van der Waals surface area contributed by atoms with Crippen LogP contribution in [0.4, 0.5) is 11.4 Å². The van der Waals surface area contributed by atoms with Crippen LogP contribution < -0.4 is 16.2 Å². The van der Waals surface area contributed by atoms with Gasteiger partial charge in [0.05, 0.1) is 0 Å². The molecule has 0 saturated carbocycles. The molecule has 6 rings (SSSR count). The molecule has 4 aromatic rings. The Morgan fingerprint density at radius 1 is 0.879 bits per heavy atom. The van der Waals surface area contributed by atoms with Crippen LogP contribution in [0.3, 0.4) is 0 Å². The van der Waals surface area contributed by atoms with Crippen molar-refractivity contribution in [1.29, 1.82) is 0 Å². The molecule has 33 heavy (non-hydrogen) atoms. The number of aromatic nitrogens is 3. The fraction of sp³-hybridized carbons (Fsp3) is 0.154. The molecule has 7 nitrogen and oxygen atoms in total. The highest BCUT2D eigenvalue weighted by Crippen LogP contribution is 2.45. The molecule has 2 N–H and O–H groups in total. The molecule has 162 valence electrons. The van der Waals surface area contributed by atoms with Crippen molar-refractivity contribution in [3.63, 3.8) is 0 Å². The lowest BCUT2D eigenvalue weighted by atomic mass is 9.96. The average molecular weight is 435 g/mol. The van der Waals surface area contributed by atoms with Gasteiger partial charge in [-0.2, -0.15) is 10.1 Å². The highest BCUT2D eigenvalue weighted by Gasteiger charge is 2.53. The van der Waals surface area contributed by atoms with E-state index in [9.17, 15) is 9.59 Å². The number of amides is 1. The molecule has 2 aliphatic heterocycles. The number of hydrogen-bond acceptors (Lipinski definition) is 5. The van der Waals surface area contributed by atoms with Gasteiger partial charge in [0.1, 0.15) is 0 Å². The Kier molecular flexibility index (Phi) is 4.04. The van der Waals surface area contributed by atoms with Crippen molar-refractivity contribution in [3.8, 4) is 22.6 Å². The first-order valence-corrected chi connectivity index (χ1v) is 10.9. The number of hydrogen-bond donors (Lipinski definition) is 2. The Morgan fingerprint density at radius 3 is 2.33 bits per heavy atom. The number of anilines is 2. The van der Waals surface area contributed by atoms with Crippen LogP contribution in [0.5, 0.6) is 0 Å². The molecule has 3 aromatic carbocycles. The molecule has 0 aliphatic carbocycles. The van der Waals surface area contributed by atoms with Crippen LogP contribution in [0, 0.1) is 0 Å². The second-order valence-corrected chi connectivity index (χ2v) is 8.66. The van der Waals surface area contributed by atoms with Gasteiger partial charge in [0.25, 0.3) is 11.5 Å². The Balaban J connectivity index is 1.64. The van der Waals surface area contributed by atoms with E-state index in [0.717, 1.165) is 5.56 Å². The van der Waals surface area contributed by atoms with Crippen molar-refractivity contribution in [2.24, 2.45) is 0 Å². The number of nitrogens with zero attached hydrogens (tertiary/aromatic N) is 3. The molecule has 0 fully saturated rings. The standard InChI is InChI=1S/C26H21N5O2/c1-15(2)16-11-13-17(14-12-16)22-24(32)28-23-18-7-3-5-9-20(18)29-26(31(23)30-22)19-8-4-6-10-21(19)27-25(26)33/h3-15,29H,1-2H3,(H,27,33)/t26-/m1/s1. The van der Waals surface area contributed by atoms with Crippen LogP contribution in [0.25, 0.3) is 22.6 Å². The zero-order valence-corrected chi connectivity index (χ0v) is 18.2. The van der Waals surface area contributed by atoms with Crippen LogP contribution in [-0.4, -0.2) is 20.7 Å². The van der Waals surface area contributed by atoms with Crippen molar-refractivity contribution >= 4 is 17.3 Å². The molecule has 3 heterocycles. The SMILES string of the molecule is CC(C)c1ccc(-c2nn3c(nc2=O)-c2ccccc2N[C@@]32C(=O)Nc3ccccc32)cc1. The van der Waals surface area contributed by atoms with Crippen LogP contribution in [0.2, 0.25) is 0 Å². The second kappa shape index (κ2) is 6.87. The number of fused-ring (bicyclic) bond motifs is 6. The van der Waals surface area contributed by atoms with Crippen molar-refractivity contribution in [2.45, 2.75) is 25.4 Å². The lowest BCUT2D eigenvalue weighted by Gasteiger charge is -2.37. The van der Waals surface area contributed by atoms with Crippen molar-refractivity contribution < 1.29 is 4.79 Å². The average Bonchev–Trinajstić information content (AvgIpc) is 3.10. The molecule has 1 spiro atoms. The van der Waals surface area contributed by atoms with E-state index in [1.807, 2.05) is 72.8 Å². The topological polar surface area (TPSA) is 88.9 Å². The maximum absolute atomic E-state index is 13.5. The summed E-state index contributed by atoms with van der Waals surface area (Å²) in [7, 11) is 0. The van der Waals surface area contributed by atoms with Crippen LogP contribution in [0.1, 0.15) is 30.9 Å². The summed E-state index contributed by atoms with van der Waals surface area (Å²) in [6.45, 7) is 4.23. The van der Waals surface area contributed by atoms with Gasteiger partial charge >= 0.3 is 0 Å². The van der Waals surface area contributed by atoms with Gasteiger partial charge in [0, 0.05) is 28.1 Å². The summed E-state index contributed by atoms with van der Waals surface area (Å²) >= 11 is 0. The van der Waals surface area contributed by atoms with E-state index >= 15 is 0 Å². The summed E-state index contributed by atoms with van der Waals surface area (Å²) in [4.78, 5) is 31.1. The molecular weight excluding hydrogens is 414 g/mol. The lowest BCUT2D eigenvalue weighted by molar-refractivity contribution is -0.121. The minimum Gasteiger partial charge on any atom is -0.349 e. The lowest BCUT2D eigenvalue weighted by Crippen LogP contribution is -2.53. The van der Waals surface area contributed by atoms with E-state index in [-0.39, 0.29) is 11.6 Å². The zero-order valence-electron chi connectivity index (χ0n) is 18.2. The Morgan fingerprint density at radius 2 is 1.58 bits per heavy atom. The summed E-state index contributed by atoms with van der Waals surface area (Å²) in [6.07, 6.45) is 0. The monoisotopic (exact) mass is 435 g/mol. The van der Waals surface area contributed by atoms with Gasteiger partial charge in [0.15, 0.2) is 11.5 Å². The second-order valence-electron chi connectivity index (χ2n) is 8.66. The van der Waals surface area contributed by atoms with E-state index in [1.165, 1.54) is 5.56 Å². The Bertz CT molecular complexity index is 1490. The summed E-state index contributed by atoms with van der Waals surface area (Å²) in [5.41, 5.74) is 3.10. The third-order valence-corrected chi connectivity index (χ3v) is 6.36. The van der Waals surface area contributed by atoms with Gasteiger partial charge < -0.3 is 10.6 Å². The first kappa shape index (κ1) is 19.4. The molecule has 2 aliphatic rings. The highest BCUT2D eigenvalue weighted by atomic mass is 16.2. The molecule has 1 aromatic heterocycles. The van der Waals surface area contributed by atoms with Crippen molar-refractivity contribution in [1.82, 2.24) is 14.8 Å². The molecule has 0 unspecified atom stereocenters. The molecule has 0 radical (unpaired) electrons. The quantitative estimate of drug-likeness (QED) is 0.493. The predicted octanol–water partition coefficient (Wildman–Crippen LogP) is 4.17. The third kappa shape index (κ3) is 2.68. The fourth-order valence-corrected chi connectivity index (χ4v) is 4.61. The normalized spacial score (nSPS) is 17.8. The van der Waals surface area contributed by atoms with Gasteiger partial charge in [-0.25, -0.2) is 4.68 Å². The van der Waals surface area contributed by atoms with Crippen molar-refractivity contribution in [2.75, 3.05) is 10.6 Å². The van der Waals surface area contributed by atoms with Crippen LogP contribution in [-0.2, 0) is 10.5 Å². The maximum Gasteiger partial charge on any atom is 0.300 e. The van der Waals surface area contributed by atoms with Gasteiger partial charge in [-0.15, -0.1) is 0 Å². The van der Waals surface area contributed by atoms with E-state index in [1.54, 1.807) is 4.68 Å². The molecule has 0 saturated heterocycles. The van der Waals surface area contributed by atoms with Gasteiger partial charge in [-0.3, -0.25) is 9.59 Å². The van der Waals surface area contributed by atoms with E-state index in [2.05, 4.69) is 29.5 Å². The first-order valence-electron chi connectivity index (χ1n) is 10.9. The number of carbonyl (C=O) groups excluding carboxylic acids is 1. The first-order chi connectivity index (χ1) is 16.0. The number of benzene rings is 3. The molecule has 1 atom stereocenters. The summed E-state index contributed by atoms with van der Waals surface area (Å²) in [5.74, 6) is 0.444.